The maximum atomic E-state index is 12.2. The van der Waals surface area contributed by atoms with E-state index < -0.39 is 30.4 Å². The lowest BCUT2D eigenvalue weighted by molar-refractivity contribution is -0.144. The fraction of sp³-hybridized carbons (Fsp3) is 0.182. The highest BCUT2D eigenvalue weighted by Crippen LogP contribution is 2.19. The van der Waals surface area contributed by atoms with Gasteiger partial charge in [-0.25, -0.2) is 14.6 Å². The second kappa shape index (κ2) is 11.0. The first-order valence-electron chi connectivity index (χ1n) is 9.51. The van der Waals surface area contributed by atoms with E-state index in [1.54, 1.807) is 6.20 Å². The third-order valence-electron chi connectivity index (χ3n) is 4.19. The van der Waals surface area contributed by atoms with Gasteiger partial charge >= 0.3 is 17.9 Å². The number of rotatable bonds is 8. The van der Waals surface area contributed by atoms with Gasteiger partial charge in [-0.1, -0.05) is 23.9 Å². The van der Waals surface area contributed by atoms with Crippen LogP contribution in [-0.2, 0) is 23.8 Å². The molecular weight excluding hydrogens is 450 g/mol. The van der Waals surface area contributed by atoms with Gasteiger partial charge in [-0.05, 0) is 30.3 Å². The molecule has 1 heterocycles. The molecule has 1 amide bonds. The predicted molar refractivity (Wildman–Crippen MR) is 119 cm³/mol. The summed E-state index contributed by atoms with van der Waals surface area (Å²) < 4.78 is 14.3. The molecule has 10 nitrogen and oxygen atoms in total. The molecule has 0 aliphatic heterocycles. The van der Waals surface area contributed by atoms with Crippen molar-refractivity contribution in [2.45, 2.75) is 5.03 Å². The standard InChI is InChI=1S/C22H19N3O7S/c1-30-21(28)13-7-14(22(29)31-2)9-15(8-13)24-18(26)11-32-20(27)12-33-19-10-23-16-5-3-4-6-17(16)25-19/h3-10H,11-12H2,1-2H3,(H,24,26). The van der Waals surface area contributed by atoms with Crippen molar-refractivity contribution in [1.29, 1.82) is 0 Å². The van der Waals surface area contributed by atoms with Crippen molar-refractivity contribution < 1.29 is 33.4 Å². The molecule has 0 fully saturated rings. The summed E-state index contributed by atoms with van der Waals surface area (Å²) in [6, 6.07) is 11.3. The van der Waals surface area contributed by atoms with Gasteiger partial charge in [-0.2, -0.15) is 0 Å². The Balaban J connectivity index is 1.55. The lowest BCUT2D eigenvalue weighted by atomic mass is 10.1. The van der Waals surface area contributed by atoms with E-state index in [1.165, 1.54) is 32.4 Å². The van der Waals surface area contributed by atoms with Crippen molar-refractivity contribution in [3.63, 3.8) is 0 Å². The second-order valence-corrected chi connectivity index (χ2v) is 7.47. The highest BCUT2D eigenvalue weighted by Gasteiger charge is 2.16. The topological polar surface area (TPSA) is 134 Å². The number of hydrogen-bond acceptors (Lipinski definition) is 10. The molecule has 11 heteroatoms. The first-order chi connectivity index (χ1) is 15.9. The van der Waals surface area contributed by atoms with E-state index in [1.807, 2.05) is 24.3 Å². The number of thioether (sulfide) groups is 1. The molecule has 0 unspecified atom stereocenters. The maximum absolute atomic E-state index is 12.2. The van der Waals surface area contributed by atoms with Crippen molar-refractivity contribution >= 4 is 52.3 Å². The quantitative estimate of drug-likeness (QED) is 0.298. The van der Waals surface area contributed by atoms with Crippen LogP contribution in [0.15, 0.2) is 53.7 Å². The third-order valence-corrected chi connectivity index (χ3v) is 5.06. The zero-order chi connectivity index (χ0) is 23.8. The SMILES string of the molecule is COC(=O)c1cc(NC(=O)COC(=O)CSc2cnc3ccccc3n2)cc(C(=O)OC)c1. The highest BCUT2D eigenvalue weighted by molar-refractivity contribution is 7.99. The zero-order valence-corrected chi connectivity index (χ0v) is 18.5. The van der Waals surface area contributed by atoms with Crippen LogP contribution in [0, 0.1) is 0 Å². The summed E-state index contributed by atoms with van der Waals surface area (Å²) >= 11 is 1.13. The van der Waals surface area contributed by atoms with Crippen LogP contribution in [0.2, 0.25) is 0 Å². The van der Waals surface area contributed by atoms with Gasteiger partial charge in [0.25, 0.3) is 5.91 Å². The van der Waals surface area contributed by atoms with Crippen LogP contribution in [0.25, 0.3) is 11.0 Å². The Morgan fingerprint density at radius 3 is 2.21 bits per heavy atom. The maximum Gasteiger partial charge on any atom is 0.337 e. The van der Waals surface area contributed by atoms with E-state index in [0.717, 1.165) is 17.3 Å². The minimum Gasteiger partial charge on any atom is -0.465 e. The van der Waals surface area contributed by atoms with E-state index in [0.29, 0.717) is 10.5 Å². The molecule has 170 valence electrons. The molecule has 0 aliphatic carbocycles. The molecule has 0 spiro atoms. The molecule has 3 aromatic rings. The van der Waals surface area contributed by atoms with E-state index in [-0.39, 0.29) is 22.6 Å². The minimum atomic E-state index is -0.698. The van der Waals surface area contributed by atoms with E-state index in [9.17, 15) is 19.2 Å². The van der Waals surface area contributed by atoms with Gasteiger partial charge in [0.2, 0.25) is 0 Å². The molecule has 0 saturated heterocycles. The van der Waals surface area contributed by atoms with Crippen LogP contribution >= 0.6 is 11.8 Å². The summed E-state index contributed by atoms with van der Waals surface area (Å²) in [6.07, 6.45) is 1.56. The monoisotopic (exact) mass is 469 g/mol. The Hall–Kier alpha value is -3.99. The molecular formula is C22H19N3O7S. The number of anilines is 1. The zero-order valence-electron chi connectivity index (χ0n) is 17.7. The number of para-hydroxylation sites is 2. The summed E-state index contributed by atoms with van der Waals surface area (Å²) in [5.41, 5.74) is 1.67. The number of hydrogen-bond donors (Lipinski definition) is 1. The van der Waals surface area contributed by atoms with Crippen LogP contribution in [0.5, 0.6) is 0 Å². The fourth-order valence-electron chi connectivity index (χ4n) is 2.70. The number of aromatic nitrogens is 2. The molecule has 1 N–H and O–H groups in total. The minimum absolute atomic E-state index is 0.0422. The van der Waals surface area contributed by atoms with Gasteiger partial charge in [0, 0.05) is 5.69 Å². The van der Waals surface area contributed by atoms with Crippen molar-refractivity contribution in [2.75, 3.05) is 31.9 Å². The van der Waals surface area contributed by atoms with Gasteiger partial charge in [0.1, 0.15) is 5.03 Å². The number of nitrogens with zero attached hydrogens (tertiary/aromatic N) is 2. The molecule has 0 saturated carbocycles. The number of ether oxygens (including phenoxy) is 3. The Morgan fingerprint density at radius 1 is 0.939 bits per heavy atom. The van der Waals surface area contributed by atoms with Crippen LogP contribution in [0.1, 0.15) is 20.7 Å². The molecule has 0 atom stereocenters. The smallest absolute Gasteiger partial charge is 0.337 e. The molecule has 2 aromatic carbocycles. The average Bonchev–Trinajstić information content (AvgIpc) is 2.84. The number of nitrogens with one attached hydrogen (secondary N) is 1. The van der Waals surface area contributed by atoms with E-state index in [2.05, 4.69) is 24.8 Å². The number of esters is 3. The second-order valence-electron chi connectivity index (χ2n) is 6.48. The largest absolute Gasteiger partial charge is 0.465 e. The number of fused-ring (bicyclic) bond motifs is 1. The highest BCUT2D eigenvalue weighted by atomic mass is 32.2. The Labute approximate surface area is 192 Å². The third kappa shape index (κ3) is 6.50. The molecule has 0 bridgehead atoms. The summed E-state index contributed by atoms with van der Waals surface area (Å²) in [6.45, 7) is -0.557. The van der Waals surface area contributed by atoms with E-state index in [4.69, 9.17) is 4.74 Å². The fourth-order valence-corrected chi connectivity index (χ4v) is 3.34. The van der Waals surface area contributed by atoms with Crippen LogP contribution in [0.3, 0.4) is 0 Å². The summed E-state index contributed by atoms with van der Waals surface area (Å²) in [4.78, 5) is 56.5. The van der Waals surface area contributed by atoms with Gasteiger partial charge < -0.3 is 19.5 Å². The lowest BCUT2D eigenvalue weighted by Crippen LogP contribution is -2.22. The Kier molecular flexibility index (Phi) is 7.92. The lowest BCUT2D eigenvalue weighted by Gasteiger charge is -2.10. The van der Waals surface area contributed by atoms with Gasteiger partial charge in [0.15, 0.2) is 6.61 Å². The molecule has 33 heavy (non-hydrogen) atoms. The number of amides is 1. The van der Waals surface area contributed by atoms with Crippen molar-refractivity contribution in [3.05, 3.63) is 59.8 Å². The number of methoxy groups -OCH3 is 2. The first kappa shape index (κ1) is 23.7. The Morgan fingerprint density at radius 2 is 1.58 bits per heavy atom. The Bertz CT molecular complexity index is 1180. The first-order valence-corrected chi connectivity index (χ1v) is 10.5. The summed E-state index contributed by atoms with van der Waals surface area (Å²) in [7, 11) is 2.37. The van der Waals surface area contributed by atoms with Crippen molar-refractivity contribution in [2.24, 2.45) is 0 Å². The molecule has 0 aliphatic rings. The summed E-state index contributed by atoms with van der Waals surface area (Å²) in [5.74, 6) is -2.74. The van der Waals surface area contributed by atoms with Gasteiger partial charge in [-0.15, -0.1) is 0 Å². The number of benzene rings is 2. The van der Waals surface area contributed by atoms with Crippen LogP contribution < -0.4 is 5.32 Å². The molecule has 1 aromatic heterocycles. The predicted octanol–water partition coefficient (Wildman–Crippen LogP) is 2.48. The molecule has 3 rings (SSSR count). The van der Waals surface area contributed by atoms with Crippen molar-refractivity contribution in [3.8, 4) is 0 Å². The number of carbonyl (C=O) groups excluding carboxylic acids is 4. The van der Waals surface area contributed by atoms with Gasteiger partial charge in [-0.3, -0.25) is 14.6 Å². The van der Waals surface area contributed by atoms with Crippen LogP contribution in [-0.4, -0.2) is 60.4 Å². The molecule has 0 radical (unpaired) electrons. The number of carbonyl (C=O) groups is 4. The summed E-state index contributed by atoms with van der Waals surface area (Å²) in [5, 5.41) is 3.02. The normalized spacial score (nSPS) is 10.4. The van der Waals surface area contributed by atoms with Crippen molar-refractivity contribution in [1.82, 2.24) is 9.97 Å². The van der Waals surface area contributed by atoms with Crippen LogP contribution in [0.4, 0.5) is 5.69 Å². The van der Waals surface area contributed by atoms with Gasteiger partial charge in [0.05, 0.1) is 48.3 Å². The average molecular weight is 469 g/mol. The van der Waals surface area contributed by atoms with E-state index >= 15 is 0 Å².